The quantitative estimate of drug-likeness (QED) is 0.778. The van der Waals surface area contributed by atoms with Crippen LogP contribution in [0.25, 0.3) is 11.5 Å². The largest absolute Gasteiger partial charge is 0.469 e. The maximum absolute atomic E-state index is 12.3. The average molecular weight is 322 g/mol. The molecular formula is C19H18N2O3. The molecule has 3 aromatic rings. The van der Waals surface area contributed by atoms with Gasteiger partial charge in [0.2, 0.25) is 11.8 Å². The fraction of sp³-hybridized carbons (Fsp3) is 0.263. The number of carbonyl (C=O) groups is 1. The van der Waals surface area contributed by atoms with Gasteiger partial charge in [0, 0.05) is 23.1 Å². The standard InChI is InChI=1S/C19H18N2O3/c1-11-12(2)24-19(20-11)13-5-7-14(8-6-13)21-18(22)16-10-15(16)17-4-3-9-23-17/h3-9,15-16H,10H2,1-2H3,(H,21,22)/t15-,16-/m0/s1. The van der Waals surface area contributed by atoms with E-state index in [1.54, 1.807) is 6.26 Å². The molecule has 1 aliphatic carbocycles. The number of nitrogens with one attached hydrogen (secondary N) is 1. The maximum Gasteiger partial charge on any atom is 0.228 e. The summed E-state index contributed by atoms with van der Waals surface area (Å²) in [6.07, 6.45) is 2.49. The van der Waals surface area contributed by atoms with Crippen LogP contribution >= 0.6 is 0 Å². The molecule has 1 aliphatic rings. The monoisotopic (exact) mass is 322 g/mol. The Morgan fingerprint density at radius 2 is 2.00 bits per heavy atom. The molecule has 0 bridgehead atoms. The van der Waals surface area contributed by atoms with Gasteiger partial charge in [-0.25, -0.2) is 4.98 Å². The van der Waals surface area contributed by atoms with Crippen molar-refractivity contribution < 1.29 is 13.6 Å². The zero-order valence-corrected chi connectivity index (χ0v) is 13.6. The number of hydrogen-bond acceptors (Lipinski definition) is 4. The molecule has 2 atom stereocenters. The molecule has 0 aliphatic heterocycles. The topological polar surface area (TPSA) is 68.3 Å². The van der Waals surface area contributed by atoms with Crippen molar-refractivity contribution in [2.24, 2.45) is 5.92 Å². The van der Waals surface area contributed by atoms with E-state index in [2.05, 4.69) is 10.3 Å². The number of nitrogens with zero attached hydrogens (tertiary/aromatic N) is 1. The van der Waals surface area contributed by atoms with E-state index in [1.807, 2.05) is 50.2 Å². The molecule has 122 valence electrons. The number of benzene rings is 1. The lowest BCUT2D eigenvalue weighted by Crippen LogP contribution is -2.14. The van der Waals surface area contributed by atoms with Gasteiger partial charge in [-0.3, -0.25) is 4.79 Å². The SMILES string of the molecule is Cc1nc(-c2ccc(NC(=O)[C@H]3C[C@@H]3c3ccco3)cc2)oc1C. The number of anilines is 1. The van der Waals surface area contributed by atoms with Crippen LogP contribution in [0.15, 0.2) is 51.5 Å². The predicted octanol–water partition coefficient (Wildman–Crippen LogP) is 4.29. The van der Waals surface area contributed by atoms with Crippen molar-refractivity contribution in [1.29, 1.82) is 0 Å². The summed E-state index contributed by atoms with van der Waals surface area (Å²) in [7, 11) is 0. The Bertz CT molecular complexity index is 843. The third-order valence-electron chi connectivity index (χ3n) is 4.46. The second kappa shape index (κ2) is 5.67. The van der Waals surface area contributed by atoms with Gasteiger partial charge in [0.05, 0.1) is 12.0 Å². The summed E-state index contributed by atoms with van der Waals surface area (Å²) in [6.45, 7) is 3.81. The highest BCUT2D eigenvalue weighted by Crippen LogP contribution is 2.48. The second-order valence-corrected chi connectivity index (χ2v) is 6.19. The first kappa shape index (κ1) is 14.8. The number of furan rings is 1. The van der Waals surface area contributed by atoms with Crippen molar-refractivity contribution in [2.75, 3.05) is 5.32 Å². The van der Waals surface area contributed by atoms with E-state index in [4.69, 9.17) is 8.83 Å². The maximum atomic E-state index is 12.3. The number of aromatic nitrogens is 1. The van der Waals surface area contributed by atoms with Crippen LogP contribution in [0.3, 0.4) is 0 Å². The molecule has 5 heteroatoms. The summed E-state index contributed by atoms with van der Waals surface area (Å²) >= 11 is 0. The summed E-state index contributed by atoms with van der Waals surface area (Å²) in [6, 6.07) is 11.3. The van der Waals surface area contributed by atoms with Crippen LogP contribution in [-0.4, -0.2) is 10.9 Å². The Kier molecular flexibility index (Phi) is 3.49. The van der Waals surface area contributed by atoms with Crippen molar-refractivity contribution in [3.63, 3.8) is 0 Å². The molecule has 1 saturated carbocycles. The summed E-state index contributed by atoms with van der Waals surface area (Å²) in [4.78, 5) is 16.7. The van der Waals surface area contributed by atoms with Crippen LogP contribution in [0.1, 0.15) is 29.6 Å². The molecule has 2 aromatic heterocycles. The van der Waals surface area contributed by atoms with Gasteiger partial charge in [0.15, 0.2) is 0 Å². The fourth-order valence-electron chi connectivity index (χ4n) is 2.83. The van der Waals surface area contributed by atoms with Crippen molar-refractivity contribution >= 4 is 11.6 Å². The van der Waals surface area contributed by atoms with Crippen LogP contribution in [0, 0.1) is 19.8 Å². The highest BCUT2D eigenvalue weighted by atomic mass is 16.4. The van der Waals surface area contributed by atoms with Gasteiger partial charge in [0.25, 0.3) is 0 Å². The van der Waals surface area contributed by atoms with Crippen LogP contribution in [0.2, 0.25) is 0 Å². The number of hydrogen-bond donors (Lipinski definition) is 1. The van der Waals surface area contributed by atoms with Gasteiger partial charge >= 0.3 is 0 Å². The Labute approximate surface area is 139 Å². The first-order valence-electron chi connectivity index (χ1n) is 8.00. The van der Waals surface area contributed by atoms with Crippen molar-refractivity contribution in [3.05, 3.63) is 59.9 Å². The minimum absolute atomic E-state index is 0.00661. The zero-order chi connectivity index (χ0) is 16.7. The number of rotatable bonds is 4. The van der Waals surface area contributed by atoms with Crippen molar-refractivity contribution in [2.45, 2.75) is 26.2 Å². The Morgan fingerprint density at radius 1 is 1.21 bits per heavy atom. The molecule has 0 radical (unpaired) electrons. The molecule has 0 spiro atoms. The highest BCUT2D eigenvalue weighted by molar-refractivity contribution is 5.95. The van der Waals surface area contributed by atoms with Crippen molar-refractivity contribution in [1.82, 2.24) is 4.98 Å². The summed E-state index contributed by atoms with van der Waals surface area (Å²) in [5, 5.41) is 2.96. The third-order valence-corrected chi connectivity index (χ3v) is 4.46. The zero-order valence-electron chi connectivity index (χ0n) is 13.6. The summed E-state index contributed by atoms with van der Waals surface area (Å²) in [5.74, 6) is 2.54. The normalized spacial score (nSPS) is 19.2. The minimum Gasteiger partial charge on any atom is -0.469 e. The predicted molar refractivity (Wildman–Crippen MR) is 89.6 cm³/mol. The van der Waals surface area contributed by atoms with Crippen LogP contribution in [-0.2, 0) is 4.79 Å². The Hall–Kier alpha value is -2.82. The Morgan fingerprint density at radius 3 is 2.62 bits per heavy atom. The molecule has 24 heavy (non-hydrogen) atoms. The molecule has 2 heterocycles. The molecule has 1 aromatic carbocycles. The van der Waals surface area contributed by atoms with Crippen LogP contribution < -0.4 is 5.32 Å². The van der Waals surface area contributed by atoms with E-state index in [0.717, 1.165) is 34.9 Å². The van der Waals surface area contributed by atoms with Crippen LogP contribution in [0.5, 0.6) is 0 Å². The number of amides is 1. The third kappa shape index (κ3) is 2.73. The van der Waals surface area contributed by atoms with Crippen LogP contribution in [0.4, 0.5) is 5.69 Å². The second-order valence-electron chi connectivity index (χ2n) is 6.19. The van der Waals surface area contributed by atoms with E-state index in [0.29, 0.717) is 5.89 Å². The van der Waals surface area contributed by atoms with Gasteiger partial charge in [-0.15, -0.1) is 0 Å². The van der Waals surface area contributed by atoms with Gasteiger partial charge in [0.1, 0.15) is 11.5 Å². The fourth-order valence-corrected chi connectivity index (χ4v) is 2.83. The van der Waals surface area contributed by atoms with Gasteiger partial charge in [-0.2, -0.15) is 0 Å². The molecule has 1 fully saturated rings. The lowest BCUT2D eigenvalue weighted by Gasteiger charge is -2.05. The molecule has 1 amide bonds. The molecule has 0 saturated heterocycles. The van der Waals surface area contributed by atoms with Gasteiger partial charge in [-0.05, 0) is 56.7 Å². The Balaban J connectivity index is 1.41. The first-order chi connectivity index (χ1) is 11.6. The van der Waals surface area contributed by atoms with E-state index in [1.165, 1.54) is 0 Å². The minimum atomic E-state index is -0.00661. The lowest BCUT2D eigenvalue weighted by atomic mass is 10.2. The lowest BCUT2D eigenvalue weighted by molar-refractivity contribution is -0.117. The summed E-state index contributed by atoms with van der Waals surface area (Å²) in [5.41, 5.74) is 2.55. The van der Waals surface area contributed by atoms with Gasteiger partial charge in [-0.1, -0.05) is 0 Å². The molecular weight excluding hydrogens is 304 g/mol. The number of aryl methyl sites for hydroxylation is 2. The van der Waals surface area contributed by atoms with E-state index in [9.17, 15) is 4.79 Å². The van der Waals surface area contributed by atoms with E-state index >= 15 is 0 Å². The molecule has 1 N–H and O–H groups in total. The molecule has 4 rings (SSSR count). The number of oxazole rings is 1. The number of carbonyl (C=O) groups excluding carboxylic acids is 1. The molecule has 5 nitrogen and oxygen atoms in total. The van der Waals surface area contributed by atoms with E-state index < -0.39 is 0 Å². The van der Waals surface area contributed by atoms with Gasteiger partial charge < -0.3 is 14.2 Å². The smallest absolute Gasteiger partial charge is 0.228 e. The molecule has 0 unspecified atom stereocenters. The average Bonchev–Trinajstić information content (AvgIpc) is 3.05. The van der Waals surface area contributed by atoms with Crippen molar-refractivity contribution in [3.8, 4) is 11.5 Å². The highest BCUT2D eigenvalue weighted by Gasteiger charge is 2.45. The first-order valence-corrected chi connectivity index (χ1v) is 8.00. The summed E-state index contributed by atoms with van der Waals surface area (Å²) < 4.78 is 11.0. The van der Waals surface area contributed by atoms with E-state index in [-0.39, 0.29) is 17.7 Å².